The van der Waals surface area contributed by atoms with Crippen LogP contribution in [-0.2, 0) is 5.41 Å². The van der Waals surface area contributed by atoms with Crippen molar-refractivity contribution in [3.63, 3.8) is 0 Å². The number of aromatic nitrogens is 4. The second kappa shape index (κ2) is 11.8. The summed E-state index contributed by atoms with van der Waals surface area (Å²) in [6, 6.07) is 71.1. The van der Waals surface area contributed by atoms with Crippen LogP contribution in [0, 0.1) is 0 Å². The summed E-state index contributed by atoms with van der Waals surface area (Å²) >= 11 is 1.88. The van der Waals surface area contributed by atoms with Gasteiger partial charge in [-0.2, -0.15) is 0 Å². The summed E-state index contributed by atoms with van der Waals surface area (Å²) in [7, 11) is 0. The van der Waals surface area contributed by atoms with Crippen LogP contribution in [0.15, 0.2) is 204 Å². The minimum Gasteiger partial charge on any atom is -0.309 e. The molecule has 2 aliphatic heterocycles. The van der Waals surface area contributed by atoms with Crippen molar-refractivity contribution in [1.82, 2.24) is 19.1 Å². The molecule has 5 heteroatoms. The Morgan fingerprint density at radius 2 is 1.07 bits per heavy atom. The molecule has 278 valence electrons. The second-order valence-corrected chi connectivity index (χ2v) is 17.1. The Morgan fingerprint density at radius 1 is 0.417 bits per heavy atom. The van der Waals surface area contributed by atoms with Crippen molar-refractivity contribution in [1.29, 1.82) is 0 Å². The molecule has 0 fully saturated rings. The van der Waals surface area contributed by atoms with E-state index in [2.05, 4.69) is 203 Å². The molecule has 5 heterocycles. The van der Waals surface area contributed by atoms with Crippen molar-refractivity contribution in [2.45, 2.75) is 15.2 Å². The van der Waals surface area contributed by atoms with E-state index < -0.39 is 5.41 Å². The van der Waals surface area contributed by atoms with Crippen LogP contribution in [0.5, 0.6) is 0 Å². The molecule has 0 saturated heterocycles. The van der Waals surface area contributed by atoms with Crippen LogP contribution in [0.25, 0.3) is 88.2 Å². The molecule has 0 amide bonds. The standard InChI is InChI=1S/C55H32N4S/c1-2-15-34-32-35(29-28-33(34)14-1)50-40-18-3-8-23-45(40)56-54(57-50)59-47-25-10-5-17-37(47)39-30-31-44-53(52(39)59)60-49-27-12-7-21-42(49)55(44)41-20-6-11-26-48(41)58-46-24-9-4-16-36(46)38-19-13-22-43(55)51(38)58/h1-32H. The fourth-order valence-electron chi connectivity index (χ4n) is 10.8. The molecule has 1 unspecified atom stereocenters. The van der Waals surface area contributed by atoms with E-state index in [4.69, 9.17) is 9.97 Å². The minimum atomic E-state index is -0.604. The highest BCUT2D eigenvalue weighted by molar-refractivity contribution is 7.99. The SMILES string of the molecule is c1ccc2c(c1)Sc1c(ccc3c4ccccc4n(-c4nc(-c5ccc6ccccc6c5)c5ccccc5n4)c13)C21c2ccccc2-n2c3ccccc3c3cccc1c32. The van der Waals surface area contributed by atoms with Crippen molar-refractivity contribution < 1.29 is 0 Å². The summed E-state index contributed by atoms with van der Waals surface area (Å²) in [4.78, 5) is 13.5. The Hall–Kier alpha value is -7.47. The Labute approximate surface area is 349 Å². The van der Waals surface area contributed by atoms with E-state index in [1.807, 2.05) is 11.8 Å². The van der Waals surface area contributed by atoms with Gasteiger partial charge in [-0.3, -0.25) is 4.57 Å². The monoisotopic (exact) mass is 780 g/mol. The maximum Gasteiger partial charge on any atom is 0.235 e. The number of nitrogens with zero attached hydrogens (tertiary/aromatic N) is 4. The highest BCUT2D eigenvalue weighted by Crippen LogP contribution is 2.62. The van der Waals surface area contributed by atoms with Gasteiger partial charge in [0.2, 0.25) is 5.95 Å². The van der Waals surface area contributed by atoms with Gasteiger partial charge in [-0.05, 0) is 69.4 Å². The van der Waals surface area contributed by atoms with Gasteiger partial charge in [0.25, 0.3) is 0 Å². The van der Waals surface area contributed by atoms with E-state index in [0.717, 1.165) is 33.2 Å². The molecule has 0 bridgehead atoms. The molecule has 0 aliphatic carbocycles. The predicted octanol–water partition coefficient (Wildman–Crippen LogP) is 13.8. The third-order valence-corrected chi connectivity index (χ3v) is 14.4. The molecule has 1 spiro atoms. The zero-order chi connectivity index (χ0) is 39.1. The van der Waals surface area contributed by atoms with Gasteiger partial charge in [0.05, 0.1) is 44.4 Å². The van der Waals surface area contributed by atoms with Gasteiger partial charge in [0, 0.05) is 42.3 Å². The van der Waals surface area contributed by atoms with E-state index in [1.165, 1.54) is 81.1 Å². The molecule has 4 nitrogen and oxygen atoms in total. The summed E-state index contributed by atoms with van der Waals surface area (Å²) in [5.41, 5.74) is 13.4. The molecule has 0 radical (unpaired) electrons. The summed E-state index contributed by atoms with van der Waals surface area (Å²) in [6.07, 6.45) is 0. The molecular formula is C55H32N4S. The molecule has 12 aromatic rings. The molecular weight excluding hydrogens is 749 g/mol. The quantitative estimate of drug-likeness (QED) is 0.175. The third kappa shape index (κ3) is 4.07. The average Bonchev–Trinajstić information content (AvgIpc) is 3.84. The van der Waals surface area contributed by atoms with Crippen LogP contribution in [0.3, 0.4) is 0 Å². The highest BCUT2D eigenvalue weighted by atomic mass is 32.2. The maximum atomic E-state index is 5.58. The topological polar surface area (TPSA) is 35.6 Å². The van der Waals surface area contributed by atoms with Gasteiger partial charge in [0.15, 0.2) is 0 Å². The van der Waals surface area contributed by atoms with Crippen LogP contribution < -0.4 is 0 Å². The van der Waals surface area contributed by atoms with Gasteiger partial charge in [-0.15, -0.1) is 0 Å². The molecule has 0 N–H and O–H groups in total. The van der Waals surface area contributed by atoms with Crippen LogP contribution in [0.2, 0.25) is 0 Å². The zero-order valence-electron chi connectivity index (χ0n) is 32.2. The first-order valence-corrected chi connectivity index (χ1v) is 21.3. The molecule has 9 aromatic carbocycles. The normalized spacial score (nSPS) is 15.3. The van der Waals surface area contributed by atoms with Crippen molar-refractivity contribution in [3.05, 3.63) is 216 Å². The van der Waals surface area contributed by atoms with E-state index in [9.17, 15) is 0 Å². The predicted molar refractivity (Wildman–Crippen MR) is 247 cm³/mol. The third-order valence-electron chi connectivity index (χ3n) is 13.2. The zero-order valence-corrected chi connectivity index (χ0v) is 33.0. The lowest BCUT2D eigenvalue weighted by atomic mass is 9.62. The Morgan fingerprint density at radius 3 is 1.93 bits per heavy atom. The second-order valence-electron chi connectivity index (χ2n) is 16.1. The molecule has 2 aliphatic rings. The summed E-state index contributed by atoms with van der Waals surface area (Å²) < 4.78 is 4.86. The van der Waals surface area contributed by atoms with Gasteiger partial charge in [0.1, 0.15) is 0 Å². The lowest BCUT2D eigenvalue weighted by Gasteiger charge is -2.45. The first kappa shape index (κ1) is 32.5. The molecule has 60 heavy (non-hydrogen) atoms. The highest BCUT2D eigenvalue weighted by Gasteiger charge is 2.50. The largest absolute Gasteiger partial charge is 0.309 e. The smallest absolute Gasteiger partial charge is 0.235 e. The number of hydrogen-bond donors (Lipinski definition) is 0. The fraction of sp³-hybridized carbons (Fsp3) is 0.0182. The average molecular weight is 781 g/mol. The van der Waals surface area contributed by atoms with Crippen LogP contribution in [-0.4, -0.2) is 19.1 Å². The maximum absolute atomic E-state index is 5.58. The van der Waals surface area contributed by atoms with Crippen LogP contribution in [0.1, 0.15) is 22.3 Å². The summed E-state index contributed by atoms with van der Waals surface area (Å²) in [5, 5.41) is 8.34. The van der Waals surface area contributed by atoms with Crippen molar-refractivity contribution in [2.24, 2.45) is 0 Å². The number of benzene rings is 9. The summed E-state index contributed by atoms with van der Waals surface area (Å²) in [5.74, 6) is 0.663. The number of para-hydroxylation sites is 5. The summed E-state index contributed by atoms with van der Waals surface area (Å²) in [6.45, 7) is 0. The van der Waals surface area contributed by atoms with Gasteiger partial charge in [-0.1, -0.05) is 169 Å². The Kier molecular flexibility index (Phi) is 6.40. The van der Waals surface area contributed by atoms with Crippen LogP contribution >= 0.6 is 11.8 Å². The lowest BCUT2D eigenvalue weighted by molar-refractivity contribution is 0.691. The molecule has 14 rings (SSSR count). The van der Waals surface area contributed by atoms with Crippen molar-refractivity contribution >= 4 is 77.0 Å². The Bertz CT molecular complexity index is 3840. The first-order chi connectivity index (χ1) is 29.8. The molecule has 1 atom stereocenters. The van der Waals surface area contributed by atoms with Crippen molar-refractivity contribution in [3.8, 4) is 22.9 Å². The van der Waals surface area contributed by atoms with Gasteiger partial charge >= 0.3 is 0 Å². The Balaban J connectivity index is 1.14. The van der Waals surface area contributed by atoms with Crippen molar-refractivity contribution in [2.75, 3.05) is 0 Å². The molecule has 0 saturated carbocycles. The van der Waals surface area contributed by atoms with E-state index >= 15 is 0 Å². The van der Waals surface area contributed by atoms with Crippen LogP contribution in [0.4, 0.5) is 0 Å². The lowest BCUT2D eigenvalue weighted by Crippen LogP contribution is -2.37. The first-order valence-electron chi connectivity index (χ1n) is 20.5. The van der Waals surface area contributed by atoms with Gasteiger partial charge < -0.3 is 4.57 Å². The number of hydrogen-bond acceptors (Lipinski definition) is 3. The van der Waals surface area contributed by atoms with Gasteiger partial charge in [-0.25, -0.2) is 9.97 Å². The van der Waals surface area contributed by atoms with E-state index in [-0.39, 0.29) is 0 Å². The molecule has 3 aromatic heterocycles. The number of rotatable bonds is 2. The fourth-order valence-corrected chi connectivity index (χ4v) is 12.1. The number of fused-ring (bicyclic) bond motifs is 17. The van der Waals surface area contributed by atoms with E-state index in [1.54, 1.807) is 0 Å². The minimum absolute atomic E-state index is 0.604. The van der Waals surface area contributed by atoms with E-state index in [0.29, 0.717) is 5.95 Å².